The van der Waals surface area contributed by atoms with Gasteiger partial charge in [0.25, 0.3) is 0 Å². The molecule has 190 valence electrons. The van der Waals surface area contributed by atoms with Crippen LogP contribution in [0.5, 0.6) is 0 Å². The topological polar surface area (TPSA) is 72.6 Å². The first-order valence-corrected chi connectivity index (χ1v) is 12.7. The van der Waals surface area contributed by atoms with Gasteiger partial charge in [0.2, 0.25) is 0 Å². The molecule has 0 bridgehead atoms. The monoisotopic (exact) mass is 517 g/mol. The molecule has 1 aromatic carbocycles. The van der Waals surface area contributed by atoms with Gasteiger partial charge in [-0.05, 0) is 44.5 Å². The number of benzene rings is 1. The maximum Gasteiger partial charge on any atom is 0.435 e. The molecule has 7 nitrogen and oxygen atoms in total. The number of hydrogen-bond donors (Lipinski definition) is 0. The number of aldehydes is 1. The fourth-order valence-electron chi connectivity index (χ4n) is 4.72. The van der Waals surface area contributed by atoms with E-state index in [2.05, 4.69) is 10.3 Å². The number of carbonyl (C=O) groups is 1. The lowest BCUT2D eigenvalue weighted by molar-refractivity contribution is -0.141. The molecule has 0 N–H and O–H groups in total. The molecule has 36 heavy (non-hydrogen) atoms. The molecule has 1 saturated heterocycles. The Bertz CT molecular complexity index is 1230. The van der Waals surface area contributed by atoms with E-state index in [0.29, 0.717) is 25.2 Å². The molecular weight excluding hydrogens is 491 g/mol. The first-order valence-electron chi connectivity index (χ1n) is 11.9. The number of halogens is 3. The van der Waals surface area contributed by atoms with Gasteiger partial charge in [0.05, 0.1) is 23.3 Å². The van der Waals surface area contributed by atoms with Crippen LogP contribution in [0.3, 0.4) is 0 Å². The number of alkyl halides is 3. The van der Waals surface area contributed by atoms with Gasteiger partial charge in [-0.15, -0.1) is 11.3 Å². The van der Waals surface area contributed by atoms with Crippen LogP contribution in [-0.2, 0) is 22.4 Å². The maximum atomic E-state index is 13.0. The number of oxime groups is 1. The highest BCUT2D eigenvalue weighted by Crippen LogP contribution is 2.34. The summed E-state index contributed by atoms with van der Waals surface area (Å²) in [7, 11) is 0. The number of aromatic nitrogens is 3. The van der Waals surface area contributed by atoms with Crippen molar-refractivity contribution in [3.05, 3.63) is 69.4 Å². The van der Waals surface area contributed by atoms with Crippen LogP contribution < -0.4 is 0 Å². The fourth-order valence-corrected chi connectivity index (χ4v) is 5.72. The molecule has 0 aliphatic carbocycles. The number of nitrogens with zero attached hydrogens (tertiary/aromatic N) is 5. The maximum absolute atomic E-state index is 13.0. The highest BCUT2D eigenvalue weighted by Gasteiger charge is 2.35. The zero-order valence-corrected chi connectivity index (χ0v) is 20.5. The van der Waals surface area contributed by atoms with E-state index in [0.717, 1.165) is 47.2 Å². The van der Waals surface area contributed by atoms with Gasteiger partial charge in [-0.2, -0.15) is 18.3 Å². The van der Waals surface area contributed by atoms with Gasteiger partial charge < -0.3 is 9.63 Å². The molecule has 0 radical (unpaired) electrons. The van der Waals surface area contributed by atoms with Crippen molar-refractivity contribution in [2.24, 2.45) is 5.16 Å². The third-order valence-corrected chi connectivity index (χ3v) is 7.80. The number of rotatable bonds is 7. The second-order valence-corrected chi connectivity index (χ2v) is 10.1. The van der Waals surface area contributed by atoms with Crippen molar-refractivity contribution < 1.29 is 22.8 Å². The van der Waals surface area contributed by atoms with E-state index in [9.17, 15) is 18.0 Å². The number of hydrogen-bond acceptors (Lipinski definition) is 7. The van der Waals surface area contributed by atoms with Crippen LogP contribution in [0.15, 0.2) is 46.9 Å². The zero-order valence-electron chi connectivity index (χ0n) is 19.7. The van der Waals surface area contributed by atoms with Crippen molar-refractivity contribution in [2.75, 3.05) is 13.1 Å². The number of likely N-dealkylation sites (tertiary alicyclic amines) is 1. The average molecular weight is 518 g/mol. The molecule has 1 fully saturated rings. The molecule has 2 unspecified atom stereocenters. The number of piperidine rings is 1. The molecular formula is C25H26F3N5O2S. The largest absolute Gasteiger partial charge is 0.435 e. The Morgan fingerprint density at radius 1 is 1.22 bits per heavy atom. The Hall–Kier alpha value is -3.05. The minimum absolute atomic E-state index is 0.0968. The van der Waals surface area contributed by atoms with E-state index < -0.39 is 17.9 Å². The summed E-state index contributed by atoms with van der Waals surface area (Å²) in [5, 5.41) is 11.0. The van der Waals surface area contributed by atoms with Crippen LogP contribution in [0.4, 0.5) is 13.2 Å². The molecule has 2 aliphatic heterocycles. The molecule has 2 aromatic heterocycles. The van der Waals surface area contributed by atoms with Crippen LogP contribution >= 0.6 is 11.3 Å². The van der Waals surface area contributed by atoms with Crippen molar-refractivity contribution in [1.82, 2.24) is 19.7 Å². The predicted molar refractivity (Wildman–Crippen MR) is 129 cm³/mol. The van der Waals surface area contributed by atoms with Gasteiger partial charge in [-0.3, -0.25) is 9.58 Å². The van der Waals surface area contributed by atoms with E-state index in [-0.39, 0.29) is 18.6 Å². The quantitative estimate of drug-likeness (QED) is 0.414. The SMILES string of the molecule is Cc1cc(C(F)(F)F)nn1CC(C=O)N1CCC(c2nc(C3=NOC(c4ccccc4)C3)cs2)CC1. The molecule has 0 amide bonds. The highest BCUT2D eigenvalue weighted by atomic mass is 32.1. The second-order valence-electron chi connectivity index (χ2n) is 9.18. The summed E-state index contributed by atoms with van der Waals surface area (Å²) in [6.07, 6.45) is -1.48. The average Bonchev–Trinajstić information content (AvgIpc) is 3.63. The number of carbonyl (C=O) groups excluding carboxylic acids is 1. The van der Waals surface area contributed by atoms with Crippen molar-refractivity contribution in [3.8, 4) is 0 Å². The smallest absolute Gasteiger partial charge is 0.387 e. The molecule has 4 heterocycles. The summed E-state index contributed by atoms with van der Waals surface area (Å²) in [6, 6.07) is 10.5. The molecule has 5 rings (SSSR count). The van der Waals surface area contributed by atoms with Crippen LogP contribution in [0.1, 0.15) is 58.9 Å². The lowest BCUT2D eigenvalue weighted by Crippen LogP contribution is -2.44. The minimum Gasteiger partial charge on any atom is -0.387 e. The van der Waals surface area contributed by atoms with Crippen LogP contribution in [0.2, 0.25) is 0 Å². The Morgan fingerprint density at radius 2 is 1.97 bits per heavy atom. The minimum atomic E-state index is -4.50. The number of thiazole rings is 1. The van der Waals surface area contributed by atoms with E-state index in [4.69, 9.17) is 9.82 Å². The zero-order chi connectivity index (χ0) is 25.3. The summed E-state index contributed by atoms with van der Waals surface area (Å²) in [4.78, 5) is 24.3. The van der Waals surface area contributed by atoms with Crippen molar-refractivity contribution in [2.45, 2.75) is 57.0 Å². The van der Waals surface area contributed by atoms with Crippen molar-refractivity contribution in [1.29, 1.82) is 0 Å². The van der Waals surface area contributed by atoms with Gasteiger partial charge in [0.1, 0.15) is 12.0 Å². The van der Waals surface area contributed by atoms with Crippen LogP contribution in [0.25, 0.3) is 0 Å². The molecule has 2 atom stereocenters. The van der Waals surface area contributed by atoms with E-state index in [1.165, 1.54) is 4.68 Å². The fraction of sp³-hybridized carbons (Fsp3) is 0.440. The standard InChI is InChI=1S/C25H26F3N5O2S/c1-16-11-23(25(26,27)28)30-33(16)13-19(14-34)32-9-7-18(8-10-32)24-29-21(15-36-24)20-12-22(35-31-20)17-5-3-2-4-6-17/h2-6,11,14-15,18-19,22H,7-10,12-13H2,1H3. The Morgan fingerprint density at radius 3 is 2.64 bits per heavy atom. The Balaban J connectivity index is 1.17. The van der Waals surface area contributed by atoms with Gasteiger partial charge in [0.15, 0.2) is 11.8 Å². The summed E-state index contributed by atoms with van der Waals surface area (Å²) in [5.74, 6) is 0.267. The third kappa shape index (κ3) is 5.22. The third-order valence-electron chi connectivity index (χ3n) is 6.79. The molecule has 2 aliphatic rings. The lowest BCUT2D eigenvalue weighted by atomic mass is 9.96. The Labute approximate surface area is 210 Å². The molecule has 11 heteroatoms. The van der Waals surface area contributed by atoms with Gasteiger partial charge in [-0.25, -0.2) is 4.98 Å². The summed E-state index contributed by atoms with van der Waals surface area (Å²) in [5.41, 5.74) is 2.22. The normalized spacial score (nSPS) is 20.2. The van der Waals surface area contributed by atoms with Crippen LogP contribution in [-0.4, -0.2) is 50.8 Å². The van der Waals surface area contributed by atoms with Gasteiger partial charge in [0, 0.05) is 23.4 Å². The van der Waals surface area contributed by atoms with Gasteiger partial charge in [-0.1, -0.05) is 35.5 Å². The van der Waals surface area contributed by atoms with Gasteiger partial charge >= 0.3 is 6.18 Å². The molecule has 0 saturated carbocycles. The molecule has 0 spiro atoms. The molecule has 3 aromatic rings. The lowest BCUT2D eigenvalue weighted by Gasteiger charge is -2.34. The van der Waals surface area contributed by atoms with Crippen molar-refractivity contribution >= 4 is 23.3 Å². The highest BCUT2D eigenvalue weighted by molar-refractivity contribution is 7.10. The van der Waals surface area contributed by atoms with E-state index in [1.54, 1.807) is 18.3 Å². The van der Waals surface area contributed by atoms with E-state index >= 15 is 0 Å². The van der Waals surface area contributed by atoms with Crippen molar-refractivity contribution in [3.63, 3.8) is 0 Å². The summed E-state index contributed by atoms with van der Waals surface area (Å²) < 4.78 is 40.2. The number of aryl methyl sites for hydroxylation is 1. The predicted octanol–water partition coefficient (Wildman–Crippen LogP) is 4.98. The summed E-state index contributed by atoms with van der Waals surface area (Å²) >= 11 is 1.61. The summed E-state index contributed by atoms with van der Waals surface area (Å²) in [6.45, 7) is 2.99. The first kappa shape index (κ1) is 24.6. The van der Waals surface area contributed by atoms with Crippen LogP contribution in [0, 0.1) is 6.92 Å². The van der Waals surface area contributed by atoms with E-state index in [1.807, 2.05) is 40.6 Å². The Kier molecular flexibility index (Phi) is 6.94. The first-order chi connectivity index (χ1) is 17.3. The second kappa shape index (κ2) is 10.1.